The normalized spacial score (nSPS) is 12.0. The van der Waals surface area contributed by atoms with E-state index in [0.717, 1.165) is 28.1 Å². The van der Waals surface area contributed by atoms with Crippen molar-refractivity contribution in [3.05, 3.63) is 51.2 Å². The molecule has 1 aromatic carbocycles. The summed E-state index contributed by atoms with van der Waals surface area (Å²) in [7, 11) is 0. The molecular weight excluding hydrogens is 332 g/mol. The SMILES string of the molecule is CC/C(=N/NC(=O)c1cc(C(C)C)cc(C(C)C)c1O)c1cccs1. The zero-order valence-corrected chi connectivity index (χ0v) is 16.3. The monoisotopic (exact) mass is 358 g/mol. The van der Waals surface area contributed by atoms with Gasteiger partial charge in [-0.05, 0) is 46.9 Å². The van der Waals surface area contributed by atoms with Crippen LogP contribution in [0.15, 0.2) is 34.7 Å². The quantitative estimate of drug-likeness (QED) is 0.547. The van der Waals surface area contributed by atoms with Crippen LogP contribution in [0.2, 0.25) is 0 Å². The van der Waals surface area contributed by atoms with Crippen LogP contribution in [-0.4, -0.2) is 16.7 Å². The Labute approximate surface area is 153 Å². The van der Waals surface area contributed by atoms with Crippen LogP contribution in [0.3, 0.4) is 0 Å². The number of nitrogens with one attached hydrogen (secondary N) is 1. The first-order valence-corrected chi connectivity index (χ1v) is 9.50. The van der Waals surface area contributed by atoms with Crippen LogP contribution < -0.4 is 5.43 Å². The highest BCUT2D eigenvalue weighted by Crippen LogP contribution is 2.33. The molecule has 4 nitrogen and oxygen atoms in total. The van der Waals surface area contributed by atoms with Gasteiger partial charge >= 0.3 is 0 Å². The molecule has 1 heterocycles. The smallest absolute Gasteiger partial charge is 0.275 e. The molecule has 0 saturated heterocycles. The topological polar surface area (TPSA) is 61.7 Å². The molecule has 25 heavy (non-hydrogen) atoms. The molecule has 5 heteroatoms. The first kappa shape index (κ1) is 19.2. The molecule has 2 N–H and O–H groups in total. The third kappa shape index (κ3) is 4.48. The van der Waals surface area contributed by atoms with Gasteiger partial charge in [-0.2, -0.15) is 5.10 Å². The molecule has 0 fully saturated rings. The van der Waals surface area contributed by atoms with E-state index in [0.29, 0.717) is 0 Å². The minimum atomic E-state index is -0.385. The van der Waals surface area contributed by atoms with E-state index in [2.05, 4.69) is 24.4 Å². The molecule has 0 aliphatic heterocycles. The van der Waals surface area contributed by atoms with Gasteiger partial charge in [0.15, 0.2) is 0 Å². The summed E-state index contributed by atoms with van der Waals surface area (Å²) in [4.78, 5) is 13.7. The summed E-state index contributed by atoms with van der Waals surface area (Å²) in [6, 6.07) is 7.67. The second-order valence-corrected chi connectivity index (χ2v) is 7.59. The van der Waals surface area contributed by atoms with E-state index in [1.165, 1.54) is 0 Å². The van der Waals surface area contributed by atoms with E-state index in [4.69, 9.17) is 0 Å². The largest absolute Gasteiger partial charge is 0.507 e. The van der Waals surface area contributed by atoms with Gasteiger partial charge in [-0.3, -0.25) is 4.79 Å². The fourth-order valence-electron chi connectivity index (χ4n) is 2.56. The van der Waals surface area contributed by atoms with Crippen molar-refractivity contribution in [1.29, 1.82) is 0 Å². The van der Waals surface area contributed by atoms with Gasteiger partial charge in [0.05, 0.1) is 16.2 Å². The van der Waals surface area contributed by atoms with Gasteiger partial charge in [0.1, 0.15) is 5.75 Å². The van der Waals surface area contributed by atoms with E-state index in [1.54, 1.807) is 17.4 Å². The highest BCUT2D eigenvalue weighted by molar-refractivity contribution is 7.12. The maximum atomic E-state index is 12.6. The van der Waals surface area contributed by atoms with Crippen LogP contribution in [0.5, 0.6) is 5.75 Å². The van der Waals surface area contributed by atoms with E-state index >= 15 is 0 Å². The van der Waals surface area contributed by atoms with Gasteiger partial charge < -0.3 is 5.11 Å². The number of hydrogen-bond acceptors (Lipinski definition) is 4. The van der Waals surface area contributed by atoms with E-state index in [9.17, 15) is 9.90 Å². The lowest BCUT2D eigenvalue weighted by Gasteiger charge is -2.16. The number of aromatic hydroxyl groups is 1. The molecule has 0 aliphatic carbocycles. The van der Waals surface area contributed by atoms with Crippen molar-refractivity contribution < 1.29 is 9.90 Å². The predicted molar refractivity (Wildman–Crippen MR) is 105 cm³/mol. The zero-order chi connectivity index (χ0) is 18.6. The molecule has 1 amide bonds. The third-order valence-electron chi connectivity index (χ3n) is 4.13. The van der Waals surface area contributed by atoms with Crippen molar-refractivity contribution in [2.75, 3.05) is 0 Å². The molecule has 2 aromatic rings. The van der Waals surface area contributed by atoms with E-state index in [-0.39, 0.29) is 29.1 Å². The Morgan fingerprint density at radius 2 is 1.96 bits per heavy atom. The Morgan fingerprint density at radius 3 is 2.48 bits per heavy atom. The Bertz CT molecular complexity index is 762. The molecular formula is C20H26N2O2S. The van der Waals surface area contributed by atoms with Crippen molar-refractivity contribution in [1.82, 2.24) is 5.43 Å². The number of benzene rings is 1. The molecule has 0 bridgehead atoms. The van der Waals surface area contributed by atoms with Gasteiger partial charge in [-0.15, -0.1) is 11.3 Å². The van der Waals surface area contributed by atoms with Crippen molar-refractivity contribution >= 4 is 23.0 Å². The standard InChI is InChI=1S/C20H26N2O2S/c1-6-17(18-8-7-9-25-18)21-22-20(24)16-11-14(12(2)3)10-15(13(4)5)19(16)23/h7-13,23H,6H2,1-5H3,(H,22,24)/b21-17-. The molecule has 0 radical (unpaired) electrons. The molecule has 0 unspecified atom stereocenters. The van der Waals surface area contributed by atoms with Crippen molar-refractivity contribution in [3.8, 4) is 5.75 Å². The number of hydrogen-bond donors (Lipinski definition) is 2. The zero-order valence-electron chi connectivity index (χ0n) is 15.5. The minimum Gasteiger partial charge on any atom is -0.507 e. The number of phenolic OH excluding ortho intramolecular Hbond substituents is 1. The highest BCUT2D eigenvalue weighted by atomic mass is 32.1. The molecule has 134 valence electrons. The van der Waals surface area contributed by atoms with Crippen LogP contribution in [0.25, 0.3) is 0 Å². The number of amides is 1. The summed E-state index contributed by atoms with van der Waals surface area (Å²) < 4.78 is 0. The molecule has 0 spiro atoms. The number of thiophene rings is 1. The summed E-state index contributed by atoms with van der Waals surface area (Å²) in [5.41, 5.74) is 5.53. The number of carbonyl (C=O) groups is 1. The molecule has 0 atom stereocenters. The fourth-order valence-corrected chi connectivity index (χ4v) is 3.34. The number of phenols is 1. The molecule has 0 aliphatic rings. The highest BCUT2D eigenvalue weighted by Gasteiger charge is 2.19. The summed E-state index contributed by atoms with van der Waals surface area (Å²) in [6.45, 7) is 10.2. The first-order valence-electron chi connectivity index (χ1n) is 8.62. The van der Waals surface area contributed by atoms with Crippen molar-refractivity contribution in [2.24, 2.45) is 5.10 Å². The maximum absolute atomic E-state index is 12.6. The lowest BCUT2D eigenvalue weighted by molar-refractivity contribution is 0.0952. The fraction of sp³-hybridized carbons (Fsp3) is 0.400. The minimum absolute atomic E-state index is 0.0428. The van der Waals surface area contributed by atoms with Gasteiger partial charge in [-0.1, -0.05) is 46.8 Å². The summed E-state index contributed by atoms with van der Waals surface area (Å²) in [6.07, 6.45) is 0.718. The van der Waals surface area contributed by atoms with Gasteiger partial charge in [0, 0.05) is 0 Å². The summed E-state index contributed by atoms with van der Waals surface area (Å²) in [5, 5.41) is 16.8. The van der Waals surface area contributed by atoms with Crippen molar-refractivity contribution in [2.45, 2.75) is 52.9 Å². The Morgan fingerprint density at radius 1 is 1.24 bits per heavy atom. The van der Waals surface area contributed by atoms with Crippen molar-refractivity contribution in [3.63, 3.8) is 0 Å². The average molecular weight is 359 g/mol. The summed E-state index contributed by atoms with van der Waals surface area (Å²) in [5.74, 6) is 0.0576. The Kier molecular flexibility index (Phi) is 6.37. The van der Waals surface area contributed by atoms with Crippen LogP contribution >= 0.6 is 11.3 Å². The van der Waals surface area contributed by atoms with Crippen LogP contribution in [0.1, 0.15) is 79.2 Å². The average Bonchev–Trinajstić information content (AvgIpc) is 3.09. The molecule has 2 rings (SSSR count). The maximum Gasteiger partial charge on any atom is 0.275 e. The molecule has 0 saturated carbocycles. The van der Waals surface area contributed by atoms with E-state index in [1.807, 2.05) is 44.4 Å². The second-order valence-electron chi connectivity index (χ2n) is 6.65. The summed E-state index contributed by atoms with van der Waals surface area (Å²) >= 11 is 1.59. The number of rotatable bonds is 6. The molecule has 1 aromatic heterocycles. The third-order valence-corrected chi connectivity index (χ3v) is 5.05. The Balaban J connectivity index is 2.35. The number of nitrogens with zero attached hydrogens (tertiary/aromatic N) is 1. The second kappa shape index (κ2) is 8.30. The van der Waals surface area contributed by atoms with Gasteiger partial charge in [-0.25, -0.2) is 5.43 Å². The first-order chi connectivity index (χ1) is 11.8. The number of hydrazone groups is 1. The van der Waals surface area contributed by atoms with Crippen LogP contribution in [-0.2, 0) is 0 Å². The van der Waals surface area contributed by atoms with Gasteiger partial charge in [0.25, 0.3) is 5.91 Å². The number of carbonyl (C=O) groups excluding carboxylic acids is 1. The Hall–Kier alpha value is -2.14. The van der Waals surface area contributed by atoms with Crippen LogP contribution in [0.4, 0.5) is 0 Å². The lowest BCUT2D eigenvalue weighted by Crippen LogP contribution is -2.20. The lowest BCUT2D eigenvalue weighted by atomic mass is 9.92. The van der Waals surface area contributed by atoms with Crippen LogP contribution in [0, 0.1) is 0 Å². The van der Waals surface area contributed by atoms with Gasteiger partial charge in [0.2, 0.25) is 0 Å². The predicted octanol–water partition coefficient (Wildman–Crippen LogP) is 5.24. The van der Waals surface area contributed by atoms with E-state index < -0.39 is 0 Å².